The van der Waals surface area contributed by atoms with Crippen LogP contribution < -0.4 is 10.5 Å². The van der Waals surface area contributed by atoms with Crippen LogP contribution in [-0.4, -0.2) is 57.9 Å². The highest BCUT2D eigenvalue weighted by Gasteiger charge is 2.20. The molecular formula is C20H19FN6O. The Bertz CT molecular complexity index is 1220. The first-order valence-electron chi connectivity index (χ1n) is 9.20. The van der Waals surface area contributed by atoms with Crippen molar-refractivity contribution >= 4 is 27.5 Å². The van der Waals surface area contributed by atoms with E-state index in [0.29, 0.717) is 33.3 Å². The lowest BCUT2D eigenvalue weighted by molar-refractivity contribution is 0.312. The topological polar surface area (TPSA) is 70.0 Å². The van der Waals surface area contributed by atoms with Crippen LogP contribution in [0.25, 0.3) is 27.6 Å². The number of halogens is 1. The average Bonchev–Trinajstić information content (AvgIpc) is 3.06. The molecule has 1 saturated heterocycles. The summed E-state index contributed by atoms with van der Waals surface area (Å²) in [5.74, 6) is 0.171. The van der Waals surface area contributed by atoms with Gasteiger partial charge in [0.05, 0.1) is 22.1 Å². The molecule has 0 unspecified atom stereocenters. The SMILES string of the molecule is CN1CCN(c2cc3ncc4c(=O)n(-c5ccccn5)[nH]c4c3cc2F)CC1. The van der Waals surface area contributed by atoms with Crippen molar-refractivity contribution in [3.05, 3.63) is 58.9 Å². The minimum atomic E-state index is -0.308. The largest absolute Gasteiger partial charge is 0.367 e. The molecule has 7 nitrogen and oxygen atoms in total. The molecule has 142 valence electrons. The zero-order valence-corrected chi connectivity index (χ0v) is 15.4. The second kappa shape index (κ2) is 6.42. The van der Waals surface area contributed by atoms with Crippen LogP contribution in [0.15, 0.2) is 47.5 Å². The molecule has 8 heteroatoms. The van der Waals surface area contributed by atoms with Crippen molar-refractivity contribution in [2.45, 2.75) is 0 Å². The van der Waals surface area contributed by atoms with Crippen molar-refractivity contribution in [2.24, 2.45) is 0 Å². The number of piperazine rings is 1. The van der Waals surface area contributed by atoms with Gasteiger partial charge in [-0.15, -0.1) is 0 Å². The highest BCUT2D eigenvalue weighted by atomic mass is 19.1. The molecule has 1 aromatic carbocycles. The number of hydrogen-bond donors (Lipinski definition) is 1. The standard InChI is InChI=1S/C20H19FN6O/c1-25-6-8-26(9-7-25)17-11-16-13(10-15(17)21)19-14(12-23-16)20(28)27(24-19)18-4-2-3-5-22-18/h2-5,10-12,24H,6-9H2,1H3. The van der Waals surface area contributed by atoms with E-state index in [0.717, 1.165) is 26.2 Å². The number of H-pyrrole nitrogens is 1. The summed E-state index contributed by atoms with van der Waals surface area (Å²) in [5.41, 5.74) is 1.51. The summed E-state index contributed by atoms with van der Waals surface area (Å²) in [6.45, 7) is 3.33. The number of aromatic nitrogens is 4. The van der Waals surface area contributed by atoms with Crippen molar-refractivity contribution in [3.8, 4) is 5.82 Å². The van der Waals surface area contributed by atoms with E-state index in [2.05, 4.69) is 27.0 Å². The number of benzene rings is 1. The van der Waals surface area contributed by atoms with Crippen molar-refractivity contribution in [2.75, 3.05) is 38.1 Å². The number of anilines is 1. The Morgan fingerprint density at radius 1 is 1.07 bits per heavy atom. The number of rotatable bonds is 2. The maximum absolute atomic E-state index is 15.0. The van der Waals surface area contributed by atoms with Crippen LogP contribution in [0.3, 0.4) is 0 Å². The van der Waals surface area contributed by atoms with E-state index < -0.39 is 0 Å². The number of pyridine rings is 2. The third-order valence-corrected chi connectivity index (χ3v) is 5.32. The fraction of sp³-hybridized carbons (Fsp3) is 0.250. The van der Waals surface area contributed by atoms with Gasteiger partial charge < -0.3 is 9.80 Å². The van der Waals surface area contributed by atoms with Gasteiger partial charge in [-0.3, -0.25) is 14.9 Å². The zero-order chi connectivity index (χ0) is 19.3. The lowest BCUT2D eigenvalue weighted by Gasteiger charge is -2.34. The fourth-order valence-electron chi connectivity index (χ4n) is 3.70. The Labute approximate surface area is 160 Å². The molecule has 0 spiro atoms. The van der Waals surface area contributed by atoms with Gasteiger partial charge in [-0.05, 0) is 31.3 Å². The molecule has 1 aliphatic heterocycles. The molecule has 0 amide bonds. The van der Waals surface area contributed by atoms with E-state index in [-0.39, 0.29) is 11.4 Å². The lowest BCUT2D eigenvalue weighted by Crippen LogP contribution is -2.44. The van der Waals surface area contributed by atoms with E-state index >= 15 is 0 Å². The van der Waals surface area contributed by atoms with Crippen molar-refractivity contribution in [3.63, 3.8) is 0 Å². The molecule has 0 bridgehead atoms. The minimum absolute atomic E-state index is 0.258. The molecule has 5 rings (SSSR count). The molecule has 0 aliphatic carbocycles. The van der Waals surface area contributed by atoms with Crippen LogP contribution in [-0.2, 0) is 0 Å². The number of hydrogen-bond acceptors (Lipinski definition) is 5. The van der Waals surface area contributed by atoms with Crippen LogP contribution in [0.1, 0.15) is 0 Å². The molecule has 3 aromatic heterocycles. The van der Waals surface area contributed by atoms with E-state index in [4.69, 9.17) is 0 Å². The normalized spacial score (nSPS) is 15.6. The Morgan fingerprint density at radius 3 is 2.64 bits per heavy atom. The molecule has 1 aliphatic rings. The third-order valence-electron chi connectivity index (χ3n) is 5.32. The molecule has 4 heterocycles. The zero-order valence-electron chi connectivity index (χ0n) is 15.4. The monoisotopic (exact) mass is 378 g/mol. The van der Waals surface area contributed by atoms with Gasteiger partial charge in [-0.2, -0.15) is 0 Å². The first-order chi connectivity index (χ1) is 13.6. The summed E-state index contributed by atoms with van der Waals surface area (Å²) >= 11 is 0. The van der Waals surface area contributed by atoms with Crippen LogP contribution >= 0.6 is 0 Å². The van der Waals surface area contributed by atoms with Gasteiger partial charge in [0.15, 0.2) is 5.82 Å². The summed E-state index contributed by atoms with van der Waals surface area (Å²) in [7, 11) is 2.06. The Balaban J connectivity index is 1.66. The first kappa shape index (κ1) is 16.9. The molecule has 1 N–H and O–H groups in total. The lowest BCUT2D eigenvalue weighted by atomic mass is 10.1. The summed E-state index contributed by atoms with van der Waals surface area (Å²) < 4.78 is 16.3. The Kier molecular flexibility index (Phi) is 3.87. The molecule has 4 aromatic rings. The van der Waals surface area contributed by atoms with Gasteiger partial charge in [-0.1, -0.05) is 6.07 Å². The second-order valence-corrected chi connectivity index (χ2v) is 7.10. The highest BCUT2D eigenvalue weighted by molar-refractivity contribution is 6.03. The Morgan fingerprint density at radius 2 is 1.89 bits per heavy atom. The van der Waals surface area contributed by atoms with E-state index in [9.17, 15) is 9.18 Å². The average molecular weight is 378 g/mol. The maximum atomic E-state index is 15.0. The quantitative estimate of drug-likeness (QED) is 0.579. The van der Waals surface area contributed by atoms with Crippen LogP contribution in [0, 0.1) is 5.82 Å². The van der Waals surface area contributed by atoms with Gasteiger partial charge in [0.2, 0.25) is 0 Å². The third kappa shape index (κ3) is 2.65. The Hall–Kier alpha value is -3.26. The van der Waals surface area contributed by atoms with Crippen molar-refractivity contribution < 1.29 is 4.39 Å². The summed E-state index contributed by atoms with van der Waals surface area (Å²) in [6.07, 6.45) is 3.16. The minimum Gasteiger partial charge on any atom is -0.367 e. The number of aromatic amines is 1. The molecular weight excluding hydrogens is 359 g/mol. The van der Waals surface area contributed by atoms with E-state index in [1.54, 1.807) is 36.7 Å². The van der Waals surface area contributed by atoms with Crippen LogP contribution in [0.4, 0.5) is 10.1 Å². The molecule has 28 heavy (non-hydrogen) atoms. The number of fused-ring (bicyclic) bond motifs is 3. The van der Waals surface area contributed by atoms with Crippen LogP contribution in [0.2, 0.25) is 0 Å². The van der Waals surface area contributed by atoms with Gasteiger partial charge in [-0.25, -0.2) is 14.1 Å². The molecule has 0 atom stereocenters. The van der Waals surface area contributed by atoms with Crippen molar-refractivity contribution in [1.29, 1.82) is 0 Å². The van der Waals surface area contributed by atoms with Gasteiger partial charge >= 0.3 is 0 Å². The summed E-state index contributed by atoms with van der Waals surface area (Å²) in [4.78, 5) is 25.7. The molecule has 1 fully saturated rings. The predicted octanol–water partition coefficient (Wildman–Crippen LogP) is 2.15. The first-order valence-corrected chi connectivity index (χ1v) is 9.20. The highest BCUT2D eigenvalue weighted by Crippen LogP contribution is 2.29. The van der Waals surface area contributed by atoms with Gasteiger partial charge in [0.1, 0.15) is 5.82 Å². The smallest absolute Gasteiger partial charge is 0.282 e. The molecule has 0 radical (unpaired) electrons. The fourth-order valence-corrected chi connectivity index (χ4v) is 3.70. The summed E-state index contributed by atoms with van der Waals surface area (Å²) in [5, 5.41) is 4.06. The van der Waals surface area contributed by atoms with E-state index in [1.165, 1.54) is 10.7 Å². The number of nitrogens with zero attached hydrogens (tertiary/aromatic N) is 5. The number of nitrogens with one attached hydrogen (secondary N) is 1. The van der Waals surface area contributed by atoms with E-state index in [1.807, 2.05) is 4.90 Å². The molecule has 0 saturated carbocycles. The van der Waals surface area contributed by atoms with Gasteiger partial charge in [0, 0.05) is 44.0 Å². The maximum Gasteiger partial charge on any atom is 0.282 e. The van der Waals surface area contributed by atoms with Crippen LogP contribution in [0.5, 0.6) is 0 Å². The number of likely N-dealkylation sites (N-methyl/N-ethyl adjacent to an activating group) is 1. The van der Waals surface area contributed by atoms with Crippen molar-refractivity contribution in [1.82, 2.24) is 24.6 Å². The summed E-state index contributed by atoms with van der Waals surface area (Å²) in [6, 6.07) is 8.56. The predicted molar refractivity (Wildman–Crippen MR) is 107 cm³/mol. The second-order valence-electron chi connectivity index (χ2n) is 7.10. The van der Waals surface area contributed by atoms with Gasteiger partial charge in [0.25, 0.3) is 5.56 Å².